The predicted octanol–water partition coefficient (Wildman–Crippen LogP) is 4.58. The number of aromatic nitrogens is 1. The fourth-order valence-electron chi connectivity index (χ4n) is 4.53. The van der Waals surface area contributed by atoms with Crippen molar-refractivity contribution in [2.75, 3.05) is 13.1 Å². The molecule has 4 nitrogen and oxygen atoms in total. The SMILES string of the molecule is N=C1C(c2nc(-c3ccccc3)cs2)=C(O)CN1C[C@@H]1C[C@@H]2C=C[C@H]1C2. The number of thiazole rings is 1. The lowest BCUT2D eigenvalue weighted by molar-refractivity contribution is 0.294. The molecule has 1 aromatic carbocycles. The number of fused-ring (bicyclic) bond motifs is 2. The molecule has 1 saturated carbocycles. The minimum absolute atomic E-state index is 0.280. The van der Waals surface area contributed by atoms with Crippen LogP contribution >= 0.6 is 11.3 Å². The highest BCUT2D eigenvalue weighted by atomic mass is 32.1. The normalized spacial score (nSPS) is 27.2. The van der Waals surface area contributed by atoms with E-state index < -0.39 is 0 Å². The Hall–Kier alpha value is -2.40. The molecule has 5 rings (SSSR count). The lowest BCUT2D eigenvalue weighted by Crippen LogP contribution is -2.33. The lowest BCUT2D eigenvalue weighted by atomic mass is 9.93. The van der Waals surface area contributed by atoms with E-state index in [2.05, 4.69) is 17.1 Å². The molecular formula is C21H21N3OS. The van der Waals surface area contributed by atoms with Gasteiger partial charge < -0.3 is 10.0 Å². The van der Waals surface area contributed by atoms with E-state index in [0.29, 0.717) is 29.8 Å². The van der Waals surface area contributed by atoms with Crippen molar-refractivity contribution in [1.29, 1.82) is 5.41 Å². The van der Waals surface area contributed by atoms with Gasteiger partial charge in [-0.3, -0.25) is 5.41 Å². The molecule has 0 amide bonds. The fourth-order valence-corrected chi connectivity index (χ4v) is 5.43. The van der Waals surface area contributed by atoms with Gasteiger partial charge in [-0.2, -0.15) is 0 Å². The molecule has 1 aliphatic heterocycles. The van der Waals surface area contributed by atoms with Gasteiger partial charge >= 0.3 is 0 Å². The molecule has 3 aliphatic rings. The molecule has 1 fully saturated rings. The summed E-state index contributed by atoms with van der Waals surface area (Å²) in [6, 6.07) is 10.0. The number of aliphatic hydroxyl groups excluding tert-OH is 1. The van der Waals surface area contributed by atoms with Crippen LogP contribution in [-0.2, 0) is 0 Å². The van der Waals surface area contributed by atoms with Crippen molar-refractivity contribution in [3.8, 4) is 11.3 Å². The van der Waals surface area contributed by atoms with Crippen LogP contribution in [0.5, 0.6) is 0 Å². The van der Waals surface area contributed by atoms with Gasteiger partial charge in [0.1, 0.15) is 16.6 Å². The summed E-state index contributed by atoms with van der Waals surface area (Å²) in [6.07, 6.45) is 7.18. The van der Waals surface area contributed by atoms with Crippen molar-refractivity contribution in [3.63, 3.8) is 0 Å². The van der Waals surface area contributed by atoms with E-state index in [0.717, 1.165) is 28.7 Å². The van der Waals surface area contributed by atoms with Crippen LogP contribution in [-0.4, -0.2) is 33.9 Å². The largest absolute Gasteiger partial charge is 0.510 e. The monoisotopic (exact) mass is 363 g/mol. The molecule has 132 valence electrons. The van der Waals surface area contributed by atoms with Crippen molar-refractivity contribution < 1.29 is 5.11 Å². The van der Waals surface area contributed by atoms with E-state index >= 15 is 0 Å². The maximum atomic E-state index is 10.5. The van der Waals surface area contributed by atoms with Crippen LogP contribution in [0, 0.1) is 23.2 Å². The van der Waals surface area contributed by atoms with Gasteiger partial charge in [0.2, 0.25) is 0 Å². The summed E-state index contributed by atoms with van der Waals surface area (Å²) in [7, 11) is 0. The second-order valence-electron chi connectivity index (χ2n) is 7.50. The zero-order valence-electron chi connectivity index (χ0n) is 14.4. The van der Waals surface area contributed by atoms with Crippen LogP contribution in [0.4, 0.5) is 0 Å². The molecule has 2 heterocycles. The number of amidine groups is 1. The van der Waals surface area contributed by atoms with Crippen molar-refractivity contribution >= 4 is 22.7 Å². The standard InChI is InChI=1S/C21H21N3OS/c22-20-19(21-23-17(12-26-21)14-4-2-1-3-5-14)18(25)11-24(20)10-16-9-13-6-7-15(16)8-13/h1-7,12-13,15-16,22,25H,8-11H2/t13-,15+,16+/m1/s1. The molecule has 26 heavy (non-hydrogen) atoms. The Balaban J connectivity index is 1.35. The second kappa shape index (κ2) is 6.09. The number of aliphatic hydroxyl groups is 1. The summed E-state index contributed by atoms with van der Waals surface area (Å²) in [6.45, 7) is 1.29. The Kier molecular flexibility index (Phi) is 3.71. The topological polar surface area (TPSA) is 60.2 Å². The first-order chi connectivity index (χ1) is 12.7. The van der Waals surface area contributed by atoms with Crippen molar-refractivity contribution in [3.05, 3.63) is 58.6 Å². The van der Waals surface area contributed by atoms with Crippen LogP contribution in [0.25, 0.3) is 16.8 Å². The molecular weight excluding hydrogens is 342 g/mol. The number of hydrogen-bond donors (Lipinski definition) is 2. The molecule has 0 saturated heterocycles. The van der Waals surface area contributed by atoms with Crippen LogP contribution < -0.4 is 0 Å². The third kappa shape index (κ3) is 2.58. The van der Waals surface area contributed by atoms with Gasteiger partial charge in [-0.1, -0.05) is 42.5 Å². The maximum Gasteiger partial charge on any atom is 0.135 e. The highest BCUT2D eigenvalue weighted by Crippen LogP contribution is 2.44. The molecule has 2 N–H and O–H groups in total. The lowest BCUT2D eigenvalue weighted by Gasteiger charge is -2.26. The van der Waals surface area contributed by atoms with Gasteiger partial charge in [0.05, 0.1) is 17.8 Å². The Morgan fingerprint density at radius 1 is 1.19 bits per heavy atom. The van der Waals surface area contributed by atoms with Crippen molar-refractivity contribution in [2.45, 2.75) is 12.8 Å². The summed E-state index contributed by atoms with van der Waals surface area (Å²) >= 11 is 1.50. The average molecular weight is 363 g/mol. The van der Waals surface area contributed by atoms with E-state index in [1.165, 1.54) is 24.2 Å². The summed E-state index contributed by atoms with van der Waals surface area (Å²) in [5.74, 6) is 2.69. The van der Waals surface area contributed by atoms with Gasteiger partial charge in [0.25, 0.3) is 0 Å². The molecule has 0 unspecified atom stereocenters. The molecule has 2 bridgehead atoms. The highest BCUT2D eigenvalue weighted by Gasteiger charge is 2.39. The average Bonchev–Trinajstić information content (AvgIpc) is 3.42. The van der Waals surface area contributed by atoms with E-state index in [9.17, 15) is 5.11 Å². The molecule has 2 aromatic rings. The first-order valence-corrected chi connectivity index (χ1v) is 10.0. The van der Waals surface area contributed by atoms with Crippen LogP contribution in [0.1, 0.15) is 17.8 Å². The van der Waals surface area contributed by atoms with Gasteiger partial charge in [0.15, 0.2) is 0 Å². The third-order valence-electron chi connectivity index (χ3n) is 5.84. The number of nitrogens with zero attached hydrogens (tertiary/aromatic N) is 2. The summed E-state index contributed by atoms with van der Waals surface area (Å²) in [5.41, 5.74) is 2.57. The van der Waals surface area contributed by atoms with Gasteiger partial charge in [0, 0.05) is 17.5 Å². The Bertz CT molecular complexity index is 914. The van der Waals surface area contributed by atoms with Gasteiger partial charge in [-0.05, 0) is 30.6 Å². The number of rotatable bonds is 4. The summed E-state index contributed by atoms with van der Waals surface area (Å²) in [5, 5.41) is 21.9. The third-order valence-corrected chi connectivity index (χ3v) is 6.70. The smallest absolute Gasteiger partial charge is 0.135 e. The molecule has 3 atom stereocenters. The number of nitrogens with one attached hydrogen (secondary N) is 1. The maximum absolute atomic E-state index is 10.5. The molecule has 1 aromatic heterocycles. The Morgan fingerprint density at radius 2 is 2.04 bits per heavy atom. The Labute approximate surface area is 157 Å². The molecule has 0 spiro atoms. The Morgan fingerprint density at radius 3 is 2.77 bits per heavy atom. The zero-order valence-corrected chi connectivity index (χ0v) is 15.2. The van der Waals surface area contributed by atoms with Crippen molar-refractivity contribution in [2.24, 2.45) is 17.8 Å². The molecule has 0 radical (unpaired) electrons. The van der Waals surface area contributed by atoms with Gasteiger partial charge in [-0.15, -0.1) is 11.3 Å². The first-order valence-electron chi connectivity index (χ1n) is 9.14. The molecule has 5 heteroatoms. The number of benzene rings is 1. The van der Waals surface area contributed by atoms with Crippen LogP contribution in [0.15, 0.2) is 53.6 Å². The van der Waals surface area contributed by atoms with Crippen LogP contribution in [0.2, 0.25) is 0 Å². The minimum Gasteiger partial charge on any atom is -0.510 e. The summed E-state index contributed by atoms with van der Waals surface area (Å²) in [4.78, 5) is 6.71. The van der Waals surface area contributed by atoms with Gasteiger partial charge in [-0.25, -0.2) is 4.98 Å². The first kappa shape index (κ1) is 15.8. The zero-order chi connectivity index (χ0) is 17.7. The number of hydrogen-bond acceptors (Lipinski definition) is 4. The second-order valence-corrected chi connectivity index (χ2v) is 8.35. The highest BCUT2D eigenvalue weighted by molar-refractivity contribution is 7.11. The summed E-state index contributed by atoms with van der Waals surface area (Å²) < 4.78 is 0. The van der Waals surface area contributed by atoms with Crippen molar-refractivity contribution in [1.82, 2.24) is 9.88 Å². The van der Waals surface area contributed by atoms with Crippen LogP contribution in [0.3, 0.4) is 0 Å². The quantitative estimate of drug-likeness (QED) is 0.782. The van der Waals surface area contributed by atoms with E-state index in [-0.39, 0.29) is 5.76 Å². The predicted molar refractivity (Wildman–Crippen MR) is 105 cm³/mol. The van der Waals surface area contributed by atoms with E-state index in [4.69, 9.17) is 5.41 Å². The van der Waals surface area contributed by atoms with E-state index in [1.54, 1.807) is 0 Å². The number of allylic oxidation sites excluding steroid dienone is 2. The van der Waals surface area contributed by atoms with E-state index in [1.807, 2.05) is 40.6 Å². The molecule has 2 aliphatic carbocycles. The minimum atomic E-state index is 0.280. The fraction of sp³-hybridized carbons (Fsp3) is 0.333.